The van der Waals surface area contributed by atoms with E-state index in [9.17, 15) is 9.59 Å². The van der Waals surface area contributed by atoms with Gasteiger partial charge < -0.3 is 10.2 Å². The number of carboxylic acids is 2. The average molecular weight is 315 g/mol. The average Bonchev–Trinajstić information content (AvgIpc) is 2.86. The monoisotopic (exact) mass is 314 g/mol. The number of rotatable bonds is 15. The number of hydrogen-bond donors (Lipinski definition) is 2. The third-order valence-corrected chi connectivity index (χ3v) is 1.03. The van der Waals surface area contributed by atoms with Crippen molar-refractivity contribution >= 4 is 11.9 Å². The molecule has 0 aromatic heterocycles. The summed E-state index contributed by atoms with van der Waals surface area (Å²) < 4.78 is 220. The fraction of sp³-hybridized carbons (Fsp3) is 0.875. The van der Waals surface area contributed by atoms with Gasteiger partial charge in [-0.1, -0.05) is 63.7 Å². The van der Waals surface area contributed by atoms with E-state index in [4.69, 9.17) is 48.6 Å². The molecule has 0 aliphatic heterocycles. The molecule has 0 aliphatic rings. The minimum atomic E-state index is -5.13. The highest BCUT2D eigenvalue weighted by Gasteiger charge is 1.98. The lowest BCUT2D eigenvalue weighted by molar-refractivity contribution is -0.138. The lowest BCUT2D eigenvalue weighted by atomic mass is 10.0. The van der Waals surface area contributed by atoms with Gasteiger partial charge in [-0.15, -0.1) is 0 Å². The van der Waals surface area contributed by atoms with Crippen molar-refractivity contribution in [2.45, 2.75) is 89.2 Å². The van der Waals surface area contributed by atoms with Gasteiger partial charge in [0.2, 0.25) is 0 Å². The second kappa shape index (κ2) is 14.4. The van der Waals surface area contributed by atoms with Gasteiger partial charge in [0, 0.05) is 51.1 Å². The molecule has 2 N–H and O–H groups in total. The minimum Gasteiger partial charge on any atom is -0.481 e. The van der Waals surface area contributed by atoms with Crippen molar-refractivity contribution in [2.75, 3.05) is 0 Å². The molecule has 0 fully saturated rings. The number of carbonyl (C=O) groups is 2. The van der Waals surface area contributed by atoms with E-state index < -0.39 is 101 Å². The van der Waals surface area contributed by atoms with Gasteiger partial charge >= 0.3 is 11.9 Å². The van der Waals surface area contributed by atoms with Crippen molar-refractivity contribution in [3.63, 3.8) is 0 Å². The maximum atomic E-state index is 11.3. The first kappa shape index (κ1) is 2.89. The van der Waals surface area contributed by atoms with Crippen molar-refractivity contribution in [1.29, 1.82) is 0 Å². The van der Waals surface area contributed by atoms with Crippen LogP contribution in [0.2, 0.25) is 0 Å². The highest BCUT2D eigenvalue weighted by Crippen LogP contribution is 2.12. The fourth-order valence-corrected chi connectivity index (χ4v) is 0.482. The van der Waals surface area contributed by atoms with Crippen molar-refractivity contribution in [1.82, 2.24) is 0 Å². The number of carboxylic acid groups (broad SMARTS) is 2. The molecule has 0 aromatic carbocycles. The predicted molar refractivity (Wildman–Crippen MR) is 79.9 cm³/mol. The summed E-state index contributed by atoms with van der Waals surface area (Å²) in [6, 6.07) is 0. The van der Waals surface area contributed by atoms with Gasteiger partial charge in [0.15, 0.2) is 0 Å². The molecule has 0 aromatic rings. The Bertz CT molecular complexity index is 1170. The molecule has 4 nitrogen and oxygen atoms in total. The highest BCUT2D eigenvalue weighted by atomic mass is 16.4. The van der Waals surface area contributed by atoms with Crippen LogP contribution < -0.4 is 0 Å². The Balaban J connectivity index is 7.65. The Kier molecular flexibility index (Phi) is 2.07. The van der Waals surface area contributed by atoms with Crippen molar-refractivity contribution in [3.05, 3.63) is 0 Å². The van der Waals surface area contributed by atoms with E-state index in [-0.39, 0.29) is 0 Å². The van der Waals surface area contributed by atoms with Crippen LogP contribution in [0.3, 0.4) is 0 Å². The second-order valence-electron chi connectivity index (χ2n) is 2.36. The maximum Gasteiger partial charge on any atom is 0.303 e. The van der Waals surface area contributed by atoms with Gasteiger partial charge in [-0.05, 0) is 12.7 Å². The first-order valence-corrected chi connectivity index (χ1v) is 4.61. The molecule has 4 heteroatoms. The molecule has 0 atom stereocenters. The van der Waals surface area contributed by atoms with E-state index in [0.717, 1.165) is 0 Å². The fourth-order valence-electron chi connectivity index (χ4n) is 0.482. The number of hydrogen-bond acceptors (Lipinski definition) is 2. The zero-order valence-corrected chi connectivity index (χ0v) is 9.71. The van der Waals surface area contributed by atoms with E-state index >= 15 is 0 Å². The Labute approximate surface area is 161 Å². The zero-order valence-electron chi connectivity index (χ0n) is 37.7. The molecular formula is C16H30O4. The molecule has 0 saturated carbocycles. The van der Waals surface area contributed by atoms with Gasteiger partial charge in [-0.25, -0.2) is 0 Å². The van der Waals surface area contributed by atoms with Gasteiger partial charge in [-0.3, -0.25) is 9.59 Å². The maximum absolute atomic E-state index is 11.3. The zero-order chi connectivity index (χ0) is 40.2. The molecule has 0 saturated heterocycles. The van der Waals surface area contributed by atoms with Gasteiger partial charge in [-0.2, -0.15) is 0 Å². The normalized spacial score (nSPS) is 41.4. The standard InChI is InChI=1S/C16H30O4/c17-15(18)13-11-9-7-5-3-1-2-4-6-8-10-12-14-16(19)20/h1-14H2,(H,17,18)(H,19,20)/i1D2,2D2,3D2,4D2,5D2,6D2,7D2,8D2,9D2,10D2,11D2,12D2,13D2,14D2. The largest absolute Gasteiger partial charge is 0.481 e. The summed E-state index contributed by atoms with van der Waals surface area (Å²) in [6.45, 7) is 0. The molecule has 0 spiro atoms. The third-order valence-electron chi connectivity index (χ3n) is 1.03. The van der Waals surface area contributed by atoms with E-state index in [0.29, 0.717) is 0 Å². The predicted octanol–water partition coefficient (Wildman–Crippen LogP) is 4.62. The van der Waals surface area contributed by atoms with Crippen molar-refractivity contribution < 1.29 is 58.2 Å². The molecule has 0 unspecified atom stereocenters. The Morgan fingerprint density at radius 2 is 0.750 bits per heavy atom. The molecule has 118 valence electrons. The van der Waals surface area contributed by atoms with Crippen molar-refractivity contribution in [2.24, 2.45) is 0 Å². The van der Waals surface area contributed by atoms with E-state index in [1.54, 1.807) is 0 Å². The summed E-state index contributed by atoms with van der Waals surface area (Å²) in [5, 5.41) is 18.1. The van der Waals surface area contributed by atoms with Crippen LogP contribution in [0.5, 0.6) is 0 Å². The highest BCUT2D eigenvalue weighted by molar-refractivity contribution is 5.66. The Morgan fingerprint density at radius 1 is 0.550 bits per heavy atom. The summed E-state index contributed by atoms with van der Waals surface area (Å²) in [5.41, 5.74) is 0. The summed E-state index contributed by atoms with van der Waals surface area (Å²) in [5.74, 6) is -5.54. The second-order valence-corrected chi connectivity index (χ2v) is 2.36. The summed E-state index contributed by atoms with van der Waals surface area (Å²) in [7, 11) is 0. The van der Waals surface area contributed by atoms with E-state index in [1.165, 1.54) is 0 Å². The van der Waals surface area contributed by atoms with Crippen LogP contribution in [0.25, 0.3) is 0 Å². The van der Waals surface area contributed by atoms with Crippen LogP contribution >= 0.6 is 0 Å². The van der Waals surface area contributed by atoms with Crippen LogP contribution in [-0.4, -0.2) is 22.2 Å². The molecule has 0 radical (unpaired) electrons. The van der Waals surface area contributed by atoms with E-state index in [1.807, 2.05) is 0 Å². The molecule has 0 aliphatic carbocycles. The summed E-state index contributed by atoms with van der Waals surface area (Å²) in [4.78, 5) is 22.6. The molecule has 0 bridgehead atoms. The first-order chi connectivity index (χ1) is 20.1. The van der Waals surface area contributed by atoms with Crippen LogP contribution in [0.1, 0.15) is 128 Å². The van der Waals surface area contributed by atoms with Crippen LogP contribution in [0.4, 0.5) is 0 Å². The molecule has 20 heavy (non-hydrogen) atoms. The summed E-state index contributed by atoms with van der Waals surface area (Å²) >= 11 is 0. The quantitative estimate of drug-likeness (QED) is 0.462. The Morgan fingerprint density at radius 3 is 0.950 bits per heavy atom. The van der Waals surface area contributed by atoms with Gasteiger partial charge in [0.25, 0.3) is 0 Å². The van der Waals surface area contributed by atoms with Crippen molar-refractivity contribution in [3.8, 4) is 0 Å². The smallest absolute Gasteiger partial charge is 0.303 e. The number of aliphatic carboxylic acids is 2. The van der Waals surface area contributed by atoms with Gasteiger partial charge in [0.1, 0.15) is 0 Å². The molecular weight excluding hydrogens is 256 g/mol. The first-order valence-electron chi connectivity index (χ1n) is 18.6. The Hall–Kier alpha value is -1.06. The molecule has 0 rings (SSSR count). The third kappa shape index (κ3) is 16.9. The summed E-state index contributed by atoms with van der Waals surface area (Å²) in [6.07, 6.45) is -68.3. The molecule has 0 amide bonds. The minimum absolute atomic E-state index is 2.77. The van der Waals surface area contributed by atoms with Gasteiger partial charge in [0.05, 0.1) is 0 Å². The topological polar surface area (TPSA) is 74.6 Å². The SMILES string of the molecule is [2H]C([2H])(C(=O)O)C([2H])([2H])C([2H])([2H])C([2H])([2H])C([2H])([2H])C([2H])([2H])C([2H])([2H])C([2H])([2H])C([2H])([2H])C([2H])([2H])C([2H])([2H])C([2H])([2H])C([2H])([2H])C([2H])([2H])C(=O)O. The lowest BCUT2D eigenvalue weighted by Crippen LogP contribution is -1.93. The van der Waals surface area contributed by atoms with E-state index in [2.05, 4.69) is 0 Å². The van der Waals surface area contributed by atoms with Crippen LogP contribution in [0.15, 0.2) is 0 Å². The van der Waals surface area contributed by atoms with Crippen LogP contribution in [0, 0.1) is 0 Å². The molecule has 0 heterocycles. The lowest BCUT2D eigenvalue weighted by Gasteiger charge is -2.02. The van der Waals surface area contributed by atoms with Crippen LogP contribution in [-0.2, 0) is 9.59 Å².